The molecule has 0 aliphatic rings. The predicted molar refractivity (Wildman–Crippen MR) is 90.8 cm³/mol. The van der Waals surface area contributed by atoms with Gasteiger partial charge in [-0.3, -0.25) is 0 Å². The van der Waals surface area contributed by atoms with Crippen molar-refractivity contribution in [3.8, 4) is 0 Å². The number of hydrogen-bond donors (Lipinski definition) is 0. The molecule has 0 saturated carbocycles. The Morgan fingerprint density at radius 2 is 1.74 bits per heavy atom. The van der Waals surface area contributed by atoms with Gasteiger partial charge in [0.25, 0.3) is 0 Å². The van der Waals surface area contributed by atoms with E-state index in [1.807, 2.05) is 0 Å². The van der Waals surface area contributed by atoms with E-state index in [1.54, 1.807) is 0 Å². The van der Waals surface area contributed by atoms with Crippen LogP contribution >= 0.6 is 15.9 Å². The van der Waals surface area contributed by atoms with Crippen molar-refractivity contribution in [1.29, 1.82) is 0 Å². The molecule has 0 aliphatic heterocycles. The standard InChI is InChI=1S/C18H27Br/c1-2-3-4-5-9-15-18(19)16-11-10-14-17-12-7-6-8-13-17/h6-8,10,12-14,18H,2-5,9,11,15-16H2,1H3. The van der Waals surface area contributed by atoms with Crippen LogP contribution in [-0.2, 0) is 0 Å². The summed E-state index contributed by atoms with van der Waals surface area (Å²) in [5.74, 6) is 0. The van der Waals surface area contributed by atoms with Crippen LogP contribution in [0.4, 0.5) is 0 Å². The summed E-state index contributed by atoms with van der Waals surface area (Å²) in [6.07, 6.45) is 15.2. The normalized spacial score (nSPS) is 12.9. The molecule has 1 heteroatoms. The molecule has 0 N–H and O–H groups in total. The summed E-state index contributed by atoms with van der Waals surface area (Å²) in [6, 6.07) is 10.5. The van der Waals surface area contributed by atoms with Gasteiger partial charge in [-0.25, -0.2) is 0 Å². The van der Waals surface area contributed by atoms with E-state index in [0.29, 0.717) is 4.83 Å². The Labute approximate surface area is 127 Å². The van der Waals surface area contributed by atoms with Crippen LogP contribution in [0.5, 0.6) is 0 Å². The molecule has 1 atom stereocenters. The molecule has 0 amide bonds. The first-order valence-electron chi connectivity index (χ1n) is 7.68. The van der Waals surface area contributed by atoms with E-state index >= 15 is 0 Å². The molecule has 0 radical (unpaired) electrons. The van der Waals surface area contributed by atoms with Crippen molar-refractivity contribution in [2.75, 3.05) is 0 Å². The first-order chi connectivity index (χ1) is 9.33. The number of halogens is 1. The van der Waals surface area contributed by atoms with Crippen LogP contribution in [0.1, 0.15) is 63.9 Å². The van der Waals surface area contributed by atoms with Crippen molar-refractivity contribution in [2.45, 2.75) is 63.1 Å². The fourth-order valence-electron chi connectivity index (χ4n) is 2.17. The Hall–Kier alpha value is -0.560. The van der Waals surface area contributed by atoms with Gasteiger partial charge in [-0.05, 0) is 24.8 Å². The maximum absolute atomic E-state index is 3.80. The molecule has 0 nitrogen and oxygen atoms in total. The van der Waals surface area contributed by atoms with E-state index in [4.69, 9.17) is 0 Å². The first kappa shape index (κ1) is 16.5. The molecule has 0 heterocycles. The molecular formula is C18H27Br. The van der Waals surface area contributed by atoms with Crippen LogP contribution in [-0.4, -0.2) is 4.83 Å². The first-order valence-corrected chi connectivity index (χ1v) is 8.60. The van der Waals surface area contributed by atoms with Crippen molar-refractivity contribution >= 4 is 22.0 Å². The quantitative estimate of drug-likeness (QED) is 0.336. The van der Waals surface area contributed by atoms with Crippen molar-refractivity contribution in [3.63, 3.8) is 0 Å². The molecular weight excluding hydrogens is 296 g/mol. The fourth-order valence-corrected chi connectivity index (χ4v) is 2.76. The number of benzene rings is 1. The van der Waals surface area contributed by atoms with Crippen LogP contribution in [0.25, 0.3) is 6.08 Å². The lowest BCUT2D eigenvalue weighted by Crippen LogP contribution is -1.96. The number of hydrogen-bond acceptors (Lipinski definition) is 0. The van der Waals surface area contributed by atoms with Gasteiger partial charge in [0.05, 0.1) is 0 Å². The minimum absolute atomic E-state index is 0.689. The third-order valence-corrected chi connectivity index (χ3v) is 4.29. The molecule has 0 spiro atoms. The van der Waals surface area contributed by atoms with E-state index in [0.717, 1.165) is 0 Å². The van der Waals surface area contributed by atoms with E-state index in [-0.39, 0.29) is 0 Å². The SMILES string of the molecule is CCCCCCCC(Br)CCC=Cc1ccccc1. The largest absolute Gasteiger partial charge is 0.0891 e. The number of allylic oxidation sites excluding steroid dienone is 1. The van der Waals surface area contributed by atoms with Gasteiger partial charge in [0.2, 0.25) is 0 Å². The third kappa shape index (κ3) is 9.04. The molecule has 1 unspecified atom stereocenters. The molecule has 106 valence electrons. The van der Waals surface area contributed by atoms with Crippen LogP contribution in [0, 0.1) is 0 Å². The van der Waals surface area contributed by atoms with Crippen LogP contribution < -0.4 is 0 Å². The second-order valence-corrected chi connectivity index (χ2v) is 6.49. The van der Waals surface area contributed by atoms with Gasteiger partial charge in [0, 0.05) is 4.83 Å². The Morgan fingerprint density at radius 3 is 2.47 bits per heavy atom. The van der Waals surface area contributed by atoms with Gasteiger partial charge < -0.3 is 0 Å². The molecule has 1 rings (SSSR count). The van der Waals surface area contributed by atoms with Crippen molar-refractivity contribution in [2.24, 2.45) is 0 Å². The zero-order valence-corrected chi connectivity index (χ0v) is 13.7. The lowest BCUT2D eigenvalue weighted by atomic mass is 10.1. The molecule has 1 aromatic carbocycles. The molecule has 19 heavy (non-hydrogen) atoms. The van der Waals surface area contributed by atoms with Gasteiger partial charge in [-0.1, -0.05) is 97.4 Å². The minimum atomic E-state index is 0.689. The van der Waals surface area contributed by atoms with E-state index in [1.165, 1.54) is 56.9 Å². The summed E-state index contributed by atoms with van der Waals surface area (Å²) in [4.78, 5) is 0.689. The number of unbranched alkanes of at least 4 members (excludes halogenated alkanes) is 4. The van der Waals surface area contributed by atoms with Crippen LogP contribution in [0.2, 0.25) is 0 Å². The Balaban J connectivity index is 2.04. The fraction of sp³-hybridized carbons (Fsp3) is 0.556. The van der Waals surface area contributed by atoms with Gasteiger partial charge in [-0.15, -0.1) is 0 Å². The predicted octanol–water partition coefficient (Wildman–Crippen LogP) is 6.60. The summed E-state index contributed by atoms with van der Waals surface area (Å²) in [6.45, 7) is 2.27. The summed E-state index contributed by atoms with van der Waals surface area (Å²) in [5, 5.41) is 0. The molecule has 0 aliphatic carbocycles. The van der Waals surface area contributed by atoms with Gasteiger partial charge in [-0.2, -0.15) is 0 Å². The highest BCUT2D eigenvalue weighted by molar-refractivity contribution is 9.09. The highest BCUT2D eigenvalue weighted by atomic mass is 79.9. The zero-order chi connectivity index (χ0) is 13.8. The summed E-state index contributed by atoms with van der Waals surface area (Å²) in [5.41, 5.74) is 1.30. The lowest BCUT2D eigenvalue weighted by molar-refractivity contribution is 0.589. The molecule has 0 fully saturated rings. The second-order valence-electron chi connectivity index (χ2n) is 5.19. The summed E-state index contributed by atoms with van der Waals surface area (Å²) >= 11 is 3.80. The molecule has 0 aromatic heterocycles. The van der Waals surface area contributed by atoms with Gasteiger partial charge in [0.1, 0.15) is 0 Å². The topological polar surface area (TPSA) is 0 Å². The van der Waals surface area contributed by atoms with Crippen molar-refractivity contribution in [1.82, 2.24) is 0 Å². The van der Waals surface area contributed by atoms with E-state index in [2.05, 4.69) is 65.3 Å². The molecule has 0 saturated heterocycles. The minimum Gasteiger partial charge on any atom is -0.0891 e. The maximum atomic E-state index is 3.80. The van der Waals surface area contributed by atoms with Crippen molar-refractivity contribution in [3.05, 3.63) is 42.0 Å². The number of rotatable bonds is 10. The van der Waals surface area contributed by atoms with Gasteiger partial charge >= 0.3 is 0 Å². The van der Waals surface area contributed by atoms with Crippen LogP contribution in [0.3, 0.4) is 0 Å². The Bertz CT molecular complexity index is 329. The highest BCUT2D eigenvalue weighted by Crippen LogP contribution is 2.17. The van der Waals surface area contributed by atoms with Gasteiger partial charge in [0.15, 0.2) is 0 Å². The zero-order valence-electron chi connectivity index (χ0n) is 12.2. The monoisotopic (exact) mass is 322 g/mol. The lowest BCUT2D eigenvalue weighted by Gasteiger charge is -2.07. The average Bonchev–Trinajstić information content (AvgIpc) is 2.44. The highest BCUT2D eigenvalue weighted by Gasteiger charge is 2.02. The molecule has 0 bridgehead atoms. The smallest absolute Gasteiger partial charge is 0.0148 e. The average molecular weight is 323 g/mol. The van der Waals surface area contributed by atoms with Crippen LogP contribution in [0.15, 0.2) is 36.4 Å². The van der Waals surface area contributed by atoms with E-state index in [9.17, 15) is 0 Å². The Kier molecular flexibility index (Phi) is 9.79. The summed E-state index contributed by atoms with van der Waals surface area (Å²) < 4.78 is 0. The van der Waals surface area contributed by atoms with Crippen molar-refractivity contribution < 1.29 is 0 Å². The molecule has 1 aromatic rings. The second kappa shape index (κ2) is 11.3. The number of alkyl halides is 1. The summed E-state index contributed by atoms with van der Waals surface area (Å²) in [7, 11) is 0. The van der Waals surface area contributed by atoms with E-state index < -0.39 is 0 Å². The Morgan fingerprint density at radius 1 is 1.00 bits per heavy atom. The third-order valence-electron chi connectivity index (χ3n) is 3.38. The maximum Gasteiger partial charge on any atom is 0.0148 e.